The van der Waals surface area contributed by atoms with Crippen molar-refractivity contribution >= 4 is 0 Å². The lowest BCUT2D eigenvalue weighted by Crippen LogP contribution is -2.27. The van der Waals surface area contributed by atoms with Crippen LogP contribution < -0.4 is 4.74 Å². The molecule has 0 saturated carbocycles. The molecule has 3 aromatic carbocycles. The molecular weight excluding hydrogens is 465 g/mol. The van der Waals surface area contributed by atoms with Crippen molar-refractivity contribution in [3.05, 3.63) is 89.8 Å². The number of rotatable bonds is 9. The Morgan fingerprint density at radius 1 is 0.889 bits per heavy atom. The monoisotopic (exact) mass is 496 g/mol. The molecule has 1 heterocycles. The van der Waals surface area contributed by atoms with Crippen molar-refractivity contribution in [2.24, 2.45) is 5.92 Å². The van der Waals surface area contributed by atoms with Gasteiger partial charge in [-0.25, -0.2) is 8.78 Å². The van der Waals surface area contributed by atoms with E-state index in [-0.39, 0.29) is 11.3 Å². The topological polar surface area (TPSA) is 27.7 Å². The van der Waals surface area contributed by atoms with Gasteiger partial charge in [0.1, 0.15) is 5.82 Å². The highest BCUT2D eigenvalue weighted by atomic mass is 19.2. The Hall–Kier alpha value is -3.09. The van der Waals surface area contributed by atoms with Gasteiger partial charge in [-0.2, -0.15) is 4.39 Å². The summed E-state index contributed by atoms with van der Waals surface area (Å²) in [5.41, 5.74) is 2.44. The molecule has 0 bridgehead atoms. The van der Waals surface area contributed by atoms with E-state index in [4.69, 9.17) is 14.2 Å². The molecule has 36 heavy (non-hydrogen) atoms. The molecule has 0 aromatic heterocycles. The molecular formula is C30H31F3O3. The second-order valence-corrected chi connectivity index (χ2v) is 8.91. The summed E-state index contributed by atoms with van der Waals surface area (Å²) in [6.45, 7) is 5.27. The van der Waals surface area contributed by atoms with Crippen molar-refractivity contribution in [2.45, 2.75) is 39.4 Å². The highest BCUT2D eigenvalue weighted by molar-refractivity contribution is 5.71. The van der Waals surface area contributed by atoms with Crippen LogP contribution >= 0.6 is 0 Å². The Balaban J connectivity index is 1.44. The van der Waals surface area contributed by atoms with Crippen LogP contribution in [-0.4, -0.2) is 19.8 Å². The second-order valence-electron chi connectivity index (χ2n) is 8.91. The van der Waals surface area contributed by atoms with Crippen LogP contribution in [-0.2, 0) is 9.47 Å². The van der Waals surface area contributed by atoms with Gasteiger partial charge in [-0.3, -0.25) is 0 Å². The van der Waals surface area contributed by atoms with E-state index in [0.29, 0.717) is 48.8 Å². The average Bonchev–Trinajstić information content (AvgIpc) is 2.90. The fourth-order valence-corrected chi connectivity index (χ4v) is 4.21. The number of halogens is 3. The zero-order valence-corrected chi connectivity index (χ0v) is 20.6. The van der Waals surface area contributed by atoms with Gasteiger partial charge in [0.25, 0.3) is 0 Å². The molecule has 4 rings (SSSR count). The van der Waals surface area contributed by atoms with Crippen LogP contribution in [0.15, 0.2) is 66.7 Å². The van der Waals surface area contributed by atoms with E-state index in [9.17, 15) is 13.2 Å². The van der Waals surface area contributed by atoms with Gasteiger partial charge in [0.15, 0.2) is 17.9 Å². The van der Waals surface area contributed by atoms with Crippen LogP contribution in [0.5, 0.6) is 5.75 Å². The van der Waals surface area contributed by atoms with Gasteiger partial charge in [0.05, 0.1) is 19.8 Å². The van der Waals surface area contributed by atoms with Crippen molar-refractivity contribution in [1.29, 1.82) is 0 Å². The van der Waals surface area contributed by atoms with Gasteiger partial charge in [-0.05, 0) is 61.1 Å². The van der Waals surface area contributed by atoms with Gasteiger partial charge in [0.2, 0.25) is 5.82 Å². The fraction of sp³-hybridized carbons (Fsp3) is 0.333. The Morgan fingerprint density at radius 2 is 1.58 bits per heavy atom. The van der Waals surface area contributed by atoms with E-state index in [1.165, 1.54) is 18.2 Å². The van der Waals surface area contributed by atoms with Crippen LogP contribution in [0.4, 0.5) is 13.2 Å². The van der Waals surface area contributed by atoms with Gasteiger partial charge in [0, 0.05) is 17.0 Å². The summed E-state index contributed by atoms with van der Waals surface area (Å²) in [4.78, 5) is 0. The van der Waals surface area contributed by atoms with Crippen molar-refractivity contribution < 1.29 is 27.4 Å². The summed E-state index contributed by atoms with van der Waals surface area (Å²) in [7, 11) is 0. The molecule has 6 heteroatoms. The summed E-state index contributed by atoms with van der Waals surface area (Å²) in [5.74, 6) is -2.16. The third-order valence-electron chi connectivity index (χ3n) is 6.24. The number of hydrogen-bond acceptors (Lipinski definition) is 3. The molecule has 0 amide bonds. The van der Waals surface area contributed by atoms with Crippen molar-refractivity contribution in [2.75, 3.05) is 19.8 Å². The SMILES string of the molecule is CC=CCCC1COC(c2ccc(-c3ccc(-c4ccc(OCCC)c(F)c4F)cc3)cc2F)OC1. The highest BCUT2D eigenvalue weighted by Crippen LogP contribution is 2.33. The summed E-state index contributed by atoms with van der Waals surface area (Å²) >= 11 is 0. The third kappa shape index (κ3) is 6.00. The first-order valence-corrected chi connectivity index (χ1v) is 12.4. The fourth-order valence-electron chi connectivity index (χ4n) is 4.21. The minimum atomic E-state index is -1.00. The normalized spacial score (nSPS) is 18.0. The summed E-state index contributed by atoms with van der Waals surface area (Å²) < 4.78 is 60.8. The minimum absolute atomic E-state index is 0.0969. The molecule has 190 valence electrons. The Bertz CT molecular complexity index is 1180. The number of hydrogen-bond donors (Lipinski definition) is 0. The highest BCUT2D eigenvalue weighted by Gasteiger charge is 2.25. The predicted molar refractivity (Wildman–Crippen MR) is 135 cm³/mol. The van der Waals surface area contributed by atoms with E-state index in [2.05, 4.69) is 6.08 Å². The van der Waals surface area contributed by atoms with Crippen LogP contribution in [0.1, 0.15) is 45.0 Å². The smallest absolute Gasteiger partial charge is 0.201 e. The van der Waals surface area contributed by atoms with Crippen LogP contribution in [0.3, 0.4) is 0 Å². The molecule has 1 aliphatic heterocycles. The molecule has 1 fully saturated rings. The molecule has 0 N–H and O–H groups in total. The zero-order chi connectivity index (χ0) is 25.5. The summed E-state index contributed by atoms with van der Waals surface area (Å²) in [5, 5.41) is 0. The standard InChI is InChI=1S/C30H31F3O3/c1-3-5-6-7-20-18-35-30(36-19-20)25-13-12-23(17-26(25)31)21-8-10-22(11-9-21)24-14-15-27(34-16-4-2)29(33)28(24)32/h3,5,8-15,17,20,30H,4,6-7,16,18-19H2,1-2H3. The van der Waals surface area contributed by atoms with E-state index in [1.807, 2.05) is 19.9 Å². The quantitative estimate of drug-likeness (QED) is 0.279. The van der Waals surface area contributed by atoms with Gasteiger partial charge < -0.3 is 14.2 Å². The zero-order valence-electron chi connectivity index (χ0n) is 20.6. The number of allylic oxidation sites excluding steroid dienone is 2. The van der Waals surface area contributed by atoms with E-state index >= 15 is 0 Å². The maximum atomic E-state index is 15.0. The first kappa shape index (κ1) is 26.0. The second kappa shape index (κ2) is 12.2. The van der Waals surface area contributed by atoms with Crippen molar-refractivity contribution in [1.82, 2.24) is 0 Å². The lowest BCUT2D eigenvalue weighted by Gasteiger charge is -2.29. The van der Waals surface area contributed by atoms with Gasteiger partial charge in [-0.15, -0.1) is 0 Å². The Morgan fingerprint density at radius 3 is 2.25 bits per heavy atom. The molecule has 3 nitrogen and oxygen atoms in total. The van der Waals surface area contributed by atoms with E-state index in [0.717, 1.165) is 18.4 Å². The summed E-state index contributed by atoms with van der Waals surface area (Å²) in [6.07, 6.45) is 6.07. The van der Waals surface area contributed by atoms with Crippen LogP contribution in [0.2, 0.25) is 0 Å². The minimum Gasteiger partial charge on any atom is -0.490 e. The predicted octanol–water partition coefficient (Wildman–Crippen LogP) is 8.24. The van der Waals surface area contributed by atoms with E-state index in [1.54, 1.807) is 36.4 Å². The van der Waals surface area contributed by atoms with Crippen molar-refractivity contribution in [3.63, 3.8) is 0 Å². The van der Waals surface area contributed by atoms with Crippen molar-refractivity contribution in [3.8, 4) is 28.0 Å². The molecule has 0 radical (unpaired) electrons. The van der Waals surface area contributed by atoms with Crippen LogP contribution in [0, 0.1) is 23.4 Å². The van der Waals surface area contributed by atoms with E-state index < -0.39 is 23.7 Å². The van der Waals surface area contributed by atoms with Crippen LogP contribution in [0.25, 0.3) is 22.3 Å². The maximum absolute atomic E-state index is 15.0. The molecule has 0 spiro atoms. The van der Waals surface area contributed by atoms with Gasteiger partial charge >= 0.3 is 0 Å². The lowest BCUT2D eigenvalue weighted by molar-refractivity contribution is -0.207. The molecule has 1 saturated heterocycles. The molecule has 1 aliphatic rings. The average molecular weight is 497 g/mol. The molecule has 0 unspecified atom stereocenters. The number of benzene rings is 3. The third-order valence-corrected chi connectivity index (χ3v) is 6.24. The lowest BCUT2D eigenvalue weighted by atomic mass is 9.98. The molecule has 3 aromatic rings. The maximum Gasteiger partial charge on any atom is 0.201 e. The first-order chi connectivity index (χ1) is 17.5. The number of ether oxygens (including phenoxy) is 3. The molecule has 0 atom stereocenters. The summed E-state index contributed by atoms with van der Waals surface area (Å²) in [6, 6.07) is 14.7. The largest absolute Gasteiger partial charge is 0.490 e. The van der Waals surface area contributed by atoms with Gasteiger partial charge in [-0.1, -0.05) is 55.5 Å². The Kier molecular flexibility index (Phi) is 8.83. The first-order valence-electron chi connectivity index (χ1n) is 12.4. The Labute approximate surface area is 210 Å². The molecule has 0 aliphatic carbocycles.